The van der Waals surface area contributed by atoms with Crippen molar-refractivity contribution in [1.82, 2.24) is 0 Å². The Morgan fingerprint density at radius 1 is 1.32 bits per heavy atom. The fourth-order valence-corrected chi connectivity index (χ4v) is 1.65. The Labute approximate surface area is 131 Å². The van der Waals surface area contributed by atoms with Crippen molar-refractivity contribution in [3.8, 4) is 5.75 Å². The summed E-state index contributed by atoms with van der Waals surface area (Å²) >= 11 is 0. The van der Waals surface area contributed by atoms with E-state index >= 15 is 0 Å². The van der Waals surface area contributed by atoms with Gasteiger partial charge in [-0.25, -0.2) is 4.79 Å². The quantitative estimate of drug-likeness (QED) is 0.334. The van der Waals surface area contributed by atoms with Crippen LogP contribution >= 0.6 is 0 Å². The van der Waals surface area contributed by atoms with Gasteiger partial charge in [-0.15, -0.1) is 0 Å². The first-order valence-electron chi connectivity index (χ1n) is 7.11. The molecule has 1 rings (SSSR count). The summed E-state index contributed by atoms with van der Waals surface area (Å²) in [4.78, 5) is 11.6. The van der Waals surface area contributed by atoms with Crippen LogP contribution < -0.4 is 0 Å². The molecule has 0 saturated heterocycles. The highest BCUT2D eigenvalue weighted by Crippen LogP contribution is 2.11. The van der Waals surface area contributed by atoms with Gasteiger partial charge in [0.15, 0.2) is 0 Å². The molecule has 0 atom stereocenters. The van der Waals surface area contributed by atoms with Crippen LogP contribution in [-0.4, -0.2) is 17.7 Å². The third-order valence-electron chi connectivity index (χ3n) is 2.99. The summed E-state index contributed by atoms with van der Waals surface area (Å²) in [5.74, 6) is -0.198. The number of hydrogen-bond donors (Lipinski definition) is 1. The molecule has 1 N–H and O–H groups in total. The molecule has 116 valence electrons. The first kappa shape index (κ1) is 17.5. The van der Waals surface area contributed by atoms with Crippen molar-refractivity contribution in [3.05, 3.63) is 72.4 Å². The van der Waals surface area contributed by atoms with Gasteiger partial charge in [-0.1, -0.05) is 43.0 Å². The molecule has 0 aliphatic heterocycles. The van der Waals surface area contributed by atoms with Crippen molar-refractivity contribution in [1.29, 1.82) is 0 Å². The molecule has 0 aromatic heterocycles. The Balaban J connectivity index is 2.35. The van der Waals surface area contributed by atoms with E-state index < -0.39 is 5.97 Å². The van der Waals surface area contributed by atoms with E-state index in [1.807, 2.05) is 13.0 Å². The van der Waals surface area contributed by atoms with Gasteiger partial charge in [0.25, 0.3) is 0 Å². The molecular formula is C19H22O3. The third-order valence-corrected chi connectivity index (χ3v) is 2.99. The maximum absolute atomic E-state index is 11.6. The normalized spacial score (nSPS) is 11.4. The molecule has 1 aromatic carbocycles. The van der Waals surface area contributed by atoms with Gasteiger partial charge in [0.05, 0.1) is 0 Å². The molecule has 3 heteroatoms. The fraction of sp³-hybridized carbons (Fsp3) is 0.211. The standard InChI is InChI=1S/C19H22O3/c1-4-15(2)6-5-7-16(3)14-22-19(21)13-10-17-8-11-18(20)12-9-17/h4,7-13,20H,1-2,5-6,14H2,3H3. The topological polar surface area (TPSA) is 46.5 Å². The monoisotopic (exact) mass is 298 g/mol. The smallest absolute Gasteiger partial charge is 0.331 e. The van der Waals surface area contributed by atoms with E-state index in [4.69, 9.17) is 9.84 Å². The molecule has 0 heterocycles. The van der Waals surface area contributed by atoms with Crippen LogP contribution in [0.4, 0.5) is 0 Å². The van der Waals surface area contributed by atoms with E-state index in [-0.39, 0.29) is 12.4 Å². The Bertz CT molecular complexity index is 577. The van der Waals surface area contributed by atoms with Crippen LogP contribution in [0.3, 0.4) is 0 Å². The Morgan fingerprint density at radius 2 is 2.00 bits per heavy atom. The number of rotatable bonds is 8. The summed E-state index contributed by atoms with van der Waals surface area (Å²) in [6, 6.07) is 6.57. The van der Waals surface area contributed by atoms with E-state index in [2.05, 4.69) is 13.2 Å². The number of phenolic OH excluding ortho intramolecular Hbond substituents is 1. The first-order chi connectivity index (χ1) is 10.5. The van der Waals surface area contributed by atoms with Gasteiger partial charge in [0.2, 0.25) is 0 Å². The number of benzene rings is 1. The van der Waals surface area contributed by atoms with Gasteiger partial charge in [-0.3, -0.25) is 0 Å². The minimum absolute atomic E-state index is 0.194. The molecule has 1 aromatic rings. The van der Waals surface area contributed by atoms with Crippen molar-refractivity contribution in [3.63, 3.8) is 0 Å². The van der Waals surface area contributed by atoms with E-state index in [1.165, 1.54) is 6.08 Å². The molecule has 0 fully saturated rings. The second-order valence-electron chi connectivity index (χ2n) is 4.98. The van der Waals surface area contributed by atoms with Crippen LogP contribution in [-0.2, 0) is 9.53 Å². The minimum Gasteiger partial charge on any atom is -0.508 e. The highest BCUT2D eigenvalue weighted by atomic mass is 16.5. The number of ether oxygens (including phenoxy) is 1. The molecular weight excluding hydrogens is 276 g/mol. The molecule has 0 aliphatic rings. The molecule has 0 spiro atoms. The Hall–Kier alpha value is -2.55. The lowest BCUT2D eigenvalue weighted by atomic mass is 10.1. The van der Waals surface area contributed by atoms with Gasteiger partial charge in [-0.2, -0.15) is 0 Å². The SMILES string of the molecule is C=CC(=C)CCC=C(C)COC(=O)C=Cc1ccc(O)cc1. The zero-order valence-corrected chi connectivity index (χ0v) is 12.9. The number of allylic oxidation sites excluding steroid dienone is 3. The van der Waals surface area contributed by atoms with E-state index in [9.17, 15) is 4.79 Å². The van der Waals surface area contributed by atoms with Gasteiger partial charge in [0.1, 0.15) is 12.4 Å². The predicted octanol–water partition coefficient (Wildman–Crippen LogP) is 4.42. The average Bonchev–Trinajstić information content (AvgIpc) is 2.52. The summed E-state index contributed by atoms with van der Waals surface area (Å²) in [5, 5.41) is 9.17. The maximum Gasteiger partial charge on any atom is 0.331 e. The molecule has 0 amide bonds. The van der Waals surface area contributed by atoms with E-state index in [0.717, 1.165) is 29.6 Å². The van der Waals surface area contributed by atoms with Crippen molar-refractivity contribution in [2.45, 2.75) is 19.8 Å². The number of esters is 1. The van der Waals surface area contributed by atoms with Crippen LogP contribution in [0, 0.1) is 0 Å². The number of carbonyl (C=O) groups excluding carboxylic acids is 1. The van der Waals surface area contributed by atoms with Crippen LogP contribution in [0.25, 0.3) is 6.08 Å². The van der Waals surface area contributed by atoms with Gasteiger partial charge < -0.3 is 9.84 Å². The highest BCUT2D eigenvalue weighted by molar-refractivity contribution is 5.87. The zero-order chi connectivity index (χ0) is 16.4. The lowest BCUT2D eigenvalue weighted by Crippen LogP contribution is -2.03. The zero-order valence-electron chi connectivity index (χ0n) is 12.9. The third kappa shape index (κ3) is 7.29. The number of aromatic hydroxyl groups is 1. The molecule has 0 radical (unpaired) electrons. The predicted molar refractivity (Wildman–Crippen MR) is 90.4 cm³/mol. The molecule has 0 unspecified atom stereocenters. The van der Waals surface area contributed by atoms with E-state index in [0.29, 0.717) is 0 Å². The van der Waals surface area contributed by atoms with Crippen molar-refractivity contribution in [2.75, 3.05) is 6.61 Å². The Morgan fingerprint density at radius 3 is 2.64 bits per heavy atom. The van der Waals surface area contributed by atoms with Crippen molar-refractivity contribution in [2.24, 2.45) is 0 Å². The lowest BCUT2D eigenvalue weighted by molar-refractivity contribution is -0.136. The van der Waals surface area contributed by atoms with Crippen LogP contribution in [0.15, 0.2) is 66.8 Å². The summed E-state index contributed by atoms with van der Waals surface area (Å²) in [7, 11) is 0. The molecule has 0 bridgehead atoms. The van der Waals surface area contributed by atoms with Gasteiger partial charge in [0, 0.05) is 6.08 Å². The molecule has 0 saturated carbocycles. The van der Waals surface area contributed by atoms with Crippen LogP contribution in [0.1, 0.15) is 25.3 Å². The summed E-state index contributed by atoms with van der Waals surface area (Å²) in [6.45, 7) is 9.70. The maximum atomic E-state index is 11.6. The second kappa shape index (κ2) is 9.40. The number of carbonyl (C=O) groups is 1. The van der Waals surface area contributed by atoms with E-state index in [1.54, 1.807) is 36.4 Å². The number of hydrogen-bond acceptors (Lipinski definition) is 3. The molecule has 22 heavy (non-hydrogen) atoms. The minimum atomic E-state index is -0.392. The Kier molecular flexibility index (Phi) is 7.48. The lowest BCUT2D eigenvalue weighted by Gasteiger charge is -2.03. The van der Waals surface area contributed by atoms with Crippen molar-refractivity contribution < 1.29 is 14.6 Å². The second-order valence-corrected chi connectivity index (χ2v) is 4.98. The largest absolute Gasteiger partial charge is 0.508 e. The first-order valence-corrected chi connectivity index (χ1v) is 7.11. The summed E-state index contributed by atoms with van der Waals surface area (Å²) in [5.41, 5.74) is 2.83. The number of phenols is 1. The van der Waals surface area contributed by atoms with Crippen LogP contribution in [0.2, 0.25) is 0 Å². The van der Waals surface area contributed by atoms with Gasteiger partial charge in [-0.05, 0) is 49.1 Å². The van der Waals surface area contributed by atoms with Crippen molar-refractivity contribution >= 4 is 12.0 Å². The molecule has 0 aliphatic carbocycles. The van der Waals surface area contributed by atoms with Gasteiger partial charge >= 0.3 is 5.97 Å². The van der Waals surface area contributed by atoms with Crippen LogP contribution in [0.5, 0.6) is 5.75 Å². The molecule has 3 nitrogen and oxygen atoms in total. The highest BCUT2D eigenvalue weighted by Gasteiger charge is 1.98. The summed E-state index contributed by atoms with van der Waals surface area (Å²) in [6.07, 6.45) is 8.52. The average molecular weight is 298 g/mol. The summed E-state index contributed by atoms with van der Waals surface area (Å²) < 4.78 is 5.15. The fourth-order valence-electron chi connectivity index (χ4n) is 1.65.